The highest BCUT2D eigenvalue weighted by Gasteiger charge is 2.25. The number of aromatic hydroxyl groups is 1. The number of benzene rings is 2. The highest BCUT2D eigenvalue weighted by Crippen LogP contribution is 2.28. The topological polar surface area (TPSA) is 61.8 Å². The van der Waals surface area contributed by atoms with Crippen molar-refractivity contribution in [3.05, 3.63) is 64.2 Å². The second-order valence-electron chi connectivity index (χ2n) is 6.42. The maximum Gasteiger partial charge on any atom is 0.255 e. The summed E-state index contributed by atoms with van der Waals surface area (Å²) in [6.07, 6.45) is 0. The van der Waals surface area contributed by atoms with Crippen LogP contribution in [0.1, 0.15) is 27.5 Å². The Hall–Kier alpha value is -2.08. The van der Waals surface area contributed by atoms with E-state index in [1.807, 2.05) is 31.2 Å². The molecule has 0 saturated carbocycles. The van der Waals surface area contributed by atoms with Crippen molar-refractivity contribution in [2.24, 2.45) is 0 Å². The van der Waals surface area contributed by atoms with Gasteiger partial charge in [-0.2, -0.15) is 0 Å². The van der Waals surface area contributed by atoms with Crippen molar-refractivity contribution in [3.63, 3.8) is 0 Å². The van der Waals surface area contributed by atoms with Crippen molar-refractivity contribution in [3.8, 4) is 5.75 Å². The lowest BCUT2D eigenvalue weighted by Gasteiger charge is -2.35. The highest BCUT2D eigenvalue weighted by atomic mass is 35.5. The van der Waals surface area contributed by atoms with Crippen molar-refractivity contribution in [2.45, 2.75) is 13.0 Å². The molecule has 1 aliphatic rings. The first-order valence-electron chi connectivity index (χ1n) is 8.70. The second-order valence-corrected chi connectivity index (χ2v) is 6.82. The van der Waals surface area contributed by atoms with Crippen LogP contribution < -0.4 is 5.32 Å². The predicted molar refractivity (Wildman–Crippen MR) is 102 cm³/mol. The molecule has 1 heterocycles. The molecule has 1 atom stereocenters. The molecule has 1 amide bonds. The number of nitrogens with zero attached hydrogens (tertiary/aromatic N) is 1. The molecule has 2 N–H and O–H groups in total. The quantitative estimate of drug-likeness (QED) is 0.844. The number of halogens is 1. The van der Waals surface area contributed by atoms with E-state index in [-0.39, 0.29) is 23.3 Å². The molecule has 1 aliphatic heterocycles. The first-order valence-corrected chi connectivity index (χ1v) is 9.08. The Morgan fingerprint density at radius 1 is 1.27 bits per heavy atom. The standard InChI is InChI=1S/C20H23ClN2O3/c1-14-6-7-19(24)16(12-14)20(25)22-13-18(23-8-10-26-11-9-23)15-4-2-3-5-17(15)21/h2-7,12,18,24H,8-11,13H2,1H3,(H,22,25)/t18-/m0/s1. The molecule has 0 spiro atoms. The van der Waals surface area contributed by atoms with Crippen LogP contribution in [0.2, 0.25) is 5.02 Å². The number of hydrogen-bond donors (Lipinski definition) is 2. The smallest absolute Gasteiger partial charge is 0.255 e. The Labute approximate surface area is 158 Å². The molecule has 0 aliphatic carbocycles. The number of carbonyl (C=O) groups excluding carboxylic acids is 1. The minimum Gasteiger partial charge on any atom is -0.507 e. The summed E-state index contributed by atoms with van der Waals surface area (Å²) in [6.45, 7) is 5.16. The predicted octanol–water partition coefficient (Wildman–Crippen LogP) is 3.16. The average Bonchev–Trinajstić information content (AvgIpc) is 2.66. The van der Waals surface area contributed by atoms with Gasteiger partial charge in [-0.1, -0.05) is 41.4 Å². The van der Waals surface area contributed by atoms with Gasteiger partial charge in [0.15, 0.2) is 0 Å². The summed E-state index contributed by atoms with van der Waals surface area (Å²) in [5.41, 5.74) is 2.18. The van der Waals surface area contributed by atoms with E-state index in [4.69, 9.17) is 16.3 Å². The minimum absolute atomic E-state index is 0.0197. The summed E-state index contributed by atoms with van der Waals surface area (Å²) in [5, 5.41) is 13.6. The van der Waals surface area contributed by atoms with Gasteiger partial charge in [-0.05, 0) is 30.7 Å². The molecule has 0 aromatic heterocycles. The minimum atomic E-state index is -0.295. The van der Waals surface area contributed by atoms with Gasteiger partial charge in [0.1, 0.15) is 5.75 Å². The van der Waals surface area contributed by atoms with Crippen LogP contribution in [-0.4, -0.2) is 48.8 Å². The van der Waals surface area contributed by atoms with Gasteiger partial charge < -0.3 is 15.2 Å². The number of aryl methyl sites for hydroxylation is 1. The van der Waals surface area contributed by atoms with Crippen molar-refractivity contribution in [1.29, 1.82) is 0 Å². The molecule has 5 nitrogen and oxygen atoms in total. The van der Waals surface area contributed by atoms with Gasteiger partial charge >= 0.3 is 0 Å². The zero-order chi connectivity index (χ0) is 18.5. The average molecular weight is 375 g/mol. The largest absolute Gasteiger partial charge is 0.507 e. The Bertz CT molecular complexity index is 775. The van der Waals surface area contributed by atoms with Gasteiger partial charge in [-0.25, -0.2) is 0 Å². The third kappa shape index (κ3) is 4.36. The third-order valence-corrected chi connectivity index (χ3v) is 4.95. The normalized spacial score (nSPS) is 16.2. The molecule has 0 unspecified atom stereocenters. The fraction of sp³-hybridized carbons (Fsp3) is 0.350. The SMILES string of the molecule is Cc1ccc(O)c(C(=O)NC[C@@H](c2ccccc2Cl)N2CCOCC2)c1. The summed E-state index contributed by atoms with van der Waals surface area (Å²) < 4.78 is 5.44. The van der Waals surface area contributed by atoms with E-state index in [0.717, 1.165) is 24.2 Å². The molecule has 2 aromatic rings. The fourth-order valence-corrected chi connectivity index (χ4v) is 3.45. The monoisotopic (exact) mass is 374 g/mol. The van der Waals surface area contributed by atoms with E-state index in [1.54, 1.807) is 12.1 Å². The van der Waals surface area contributed by atoms with Crippen LogP contribution >= 0.6 is 11.6 Å². The van der Waals surface area contributed by atoms with Crippen LogP contribution in [0.25, 0.3) is 0 Å². The molecule has 2 aromatic carbocycles. The lowest BCUT2D eigenvalue weighted by atomic mass is 10.0. The molecular weight excluding hydrogens is 352 g/mol. The lowest BCUT2D eigenvalue weighted by Crippen LogP contribution is -2.44. The Kier molecular flexibility index (Phi) is 6.14. The van der Waals surface area contributed by atoms with Gasteiger partial charge in [-0.3, -0.25) is 9.69 Å². The zero-order valence-corrected chi connectivity index (χ0v) is 15.5. The van der Waals surface area contributed by atoms with Crippen LogP contribution in [0.15, 0.2) is 42.5 Å². The Morgan fingerprint density at radius 3 is 2.73 bits per heavy atom. The van der Waals surface area contributed by atoms with Crippen molar-refractivity contribution < 1.29 is 14.6 Å². The van der Waals surface area contributed by atoms with Crippen LogP contribution in [0.4, 0.5) is 0 Å². The van der Waals surface area contributed by atoms with Crippen molar-refractivity contribution in [2.75, 3.05) is 32.8 Å². The molecular formula is C20H23ClN2O3. The molecule has 1 fully saturated rings. The number of carbonyl (C=O) groups is 1. The summed E-state index contributed by atoms with van der Waals surface area (Å²) in [6, 6.07) is 12.6. The zero-order valence-electron chi connectivity index (χ0n) is 14.7. The summed E-state index contributed by atoms with van der Waals surface area (Å²) in [7, 11) is 0. The number of phenolic OH excluding ortho intramolecular Hbond substituents is 1. The van der Waals surface area contributed by atoms with Gasteiger partial charge in [-0.15, -0.1) is 0 Å². The number of ether oxygens (including phenoxy) is 1. The summed E-state index contributed by atoms with van der Waals surface area (Å²) in [4.78, 5) is 14.8. The van der Waals surface area contributed by atoms with E-state index in [1.165, 1.54) is 6.07 Å². The number of morpholine rings is 1. The lowest BCUT2D eigenvalue weighted by molar-refractivity contribution is 0.0162. The molecule has 6 heteroatoms. The van der Waals surface area contributed by atoms with E-state index in [2.05, 4.69) is 10.2 Å². The van der Waals surface area contributed by atoms with E-state index in [9.17, 15) is 9.90 Å². The van der Waals surface area contributed by atoms with Gasteiger partial charge in [0, 0.05) is 24.7 Å². The number of phenols is 1. The number of amides is 1. The van der Waals surface area contributed by atoms with Crippen molar-refractivity contribution in [1.82, 2.24) is 10.2 Å². The maximum atomic E-state index is 12.6. The Balaban J connectivity index is 1.78. The first-order chi connectivity index (χ1) is 12.6. The van der Waals surface area contributed by atoms with E-state index in [0.29, 0.717) is 24.8 Å². The number of hydrogen-bond acceptors (Lipinski definition) is 4. The summed E-state index contributed by atoms with van der Waals surface area (Å²) in [5.74, 6) is -0.315. The molecule has 3 rings (SSSR count). The van der Waals surface area contributed by atoms with Crippen LogP contribution in [-0.2, 0) is 4.74 Å². The Morgan fingerprint density at radius 2 is 2.00 bits per heavy atom. The second kappa shape index (κ2) is 8.54. The molecule has 138 valence electrons. The summed E-state index contributed by atoms with van der Waals surface area (Å²) >= 11 is 6.41. The first kappa shape index (κ1) is 18.7. The van der Waals surface area contributed by atoms with E-state index >= 15 is 0 Å². The van der Waals surface area contributed by atoms with Crippen LogP contribution in [0.3, 0.4) is 0 Å². The number of nitrogens with one attached hydrogen (secondary N) is 1. The van der Waals surface area contributed by atoms with Gasteiger partial charge in [0.05, 0.1) is 24.8 Å². The highest BCUT2D eigenvalue weighted by molar-refractivity contribution is 6.31. The molecule has 26 heavy (non-hydrogen) atoms. The molecule has 0 radical (unpaired) electrons. The van der Waals surface area contributed by atoms with E-state index < -0.39 is 0 Å². The number of rotatable bonds is 5. The van der Waals surface area contributed by atoms with Gasteiger partial charge in [0.2, 0.25) is 0 Å². The van der Waals surface area contributed by atoms with Crippen LogP contribution in [0, 0.1) is 6.92 Å². The molecule has 1 saturated heterocycles. The molecule has 0 bridgehead atoms. The van der Waals surface area contributed by atoms with Crippen molar-refractivity contribution >= 4 is 17.5 Å². The maximum absolute atomic E-state index is 12.6. The van der Waals surface area contributed by atoms with Gasteiger partial charge in [0.25, 0.3) is 5.91 Å². The van der Waals surface area contributed by atoms with Crippen LogP contribution in [0.5, 0.6) is 5.75 Å². The third-order valence-electron chi connectivity index (χ3n) is 4.60. The fourth-order valence-electron chi connectivity index (χ4n) is 3.19.